The lowest BCUT2D eigenvalue weighted by Crippen LogP contribution is -2.18. The van der Waals surface area contributed by atoms with Crippen LogP contribution in [0.2, 0.25) is 5.02 Å². The Morgan fingerprint density at radius 3 is 3.00 bits per heavy atom. The van der Waals surface area contributed by atoms with Crippen molar-refractivity contribution in [1.29, 1.82) is 0 Å². The van der Waals surface area contributed by atoms with Crippen molar-refractivity contribution < 1.29 is 4.42 Å². The highest BCUT2D eigenvalue weighted by Gasteiger charge is 2.11. The summed E-state index contributed by atoms with van der Waals surface area (Å²) in [6.45, 7) is 4.54. The number of nitrogens with one attached hydrogen (secondary N) is 1. The maximum atomic E-state index is 5.95. The number of fused-ring (bicyclic) bond motifs is 1. The molecule has 5 nitrogen and oxygen atoms in total. The van der Waals surface area contributed by atoms with Crippen molar-refractivity contribution in [2.45, 2.75) is 26.4 Å². The number of hydrogen-bond donors (Lipinski definition) is 1. The van der Waals surface area contributed by atoms with Gasteiger partial charge in [-0.25, -0.2) is 9.97 Å². The van der Waals surface area contributed by atoms with Gasteiger partial charge in [-0.15, -0.1) is 0 Å². The van der Waals surface area contributed by atoms with Gasteiger partial charge in [-0.1, -0.05) is 11.6 Å². The molecule has 20 heavy (non-hydrogen) atoms. The fourth-order valence-corrected chi connectivity index (χ4v) is 2.19. The summed E-state index contributed by atoms with van der Waals surface area (Å²) in [7, 11) is 0. The lowest BCUT2D eigenvalue weighted by Gasteiger charge is -2.08. The second kappa shape index (κ2) is 5.26. The summed E-state index contributed by atoms with van der Waals surface area (Å²) in [5.74, 6) is 1.50. The fourth-order valence-electron chi connectivity index (χ4n) is 2.02. The van der Waals surface area contributed by atoms with Crippen LogP contribution in [0.1, 0.15) is 30.3 Å². The van der Waals surface area contributed by atoms with Crippen LogP contribution in [0.25, 0.3) is 5.65 Å². The fraction of sp³-hybridized carbons (Fsp3) is 0.286. The number of hydrogen-bond acceptors (Lipinski definition) is 4. The third kappa shape index (κ3) is 2.69. The van der Waals surface area contributed by atoms with Gasteiger partial charge in [0.2, 0.25) is 5.89 Å². The van der Waals surface area contributed by atoms with Crippen molar-refractivity contribution >= 4 is 17.2 Å². The number of imidazole rings is 1. The van der Waals surface area contributed by atoms with Crippen molar-refractivity contribution in [3.8, 4) is 0 Å². The van der Waals surface area contributed by atoms with Gasteiger partial charge in [0.25, 0.3) is 0 Å². The molecule has 0 saturated heterocycles. The molecule has 0 aliphatic carbocycles. The summed E-state index contributed by atoms with van der Waals surface area (Å²) in [6.07, 6.45) is 5.52. The van der Waals surface area contributed by atoms with Gasteiger partial charge in [-0.05, 0) is 26.0 Å². The highest BCUT2D eigenvalue weighted by molar-refractivity contribution is 6.30. The van der Waals surface area contributed by atoms with Crippen molar-refractivity contribution in [2.24, 2.45) is 0 Å². The van der Waals surface area contributed by atoms with E-state index < -0.39 is 0 Å². The monoisotopic (exact) mass is 290 g/mol. The predicted octanol–water partition coefficient (Wildman–Crippen LogP) is 3.13. The topological polar surface area (TPSA) is 55.4 Å². The van der Waals surface area contributed by atoms with Gasteiger partial charge < -0.3 is 14.1 Å². The van der Waals surface area contributed by atoms with Crippen LogP contribution in [0.4, 0.5) is 0 Å². The van der Waals surface area contributed by atoms with E-state index in [4.69, 9.17) is 16.0 Å². The highest BCUT2D eigenvalue weighted by Crippen LogP contribution is 2.14. The lowest BCUT2D eigenvalue weighted by atomic mass is 10.3. The molecule has 6 heteroatoms. The molecule has 1 unspecified atom stereocenters. The molecule has 0 spiro atoms. The van der Waals surface area contributed by atoms with Gasteiger partial charge in [0.1, 0.15) is 11.4 Å². The Bertz CT molecular complexity index is 734. The molecule has 104 valence electrons. The summed E-state index contributed by atoms with van der Waals surface area (Å²) in [4.78, 5) is 8.73. The maximum absolute atomic E-state index is 5.95. The van der Waals surface area contributed by atoms with Crippen molar-refractivity contribution in [2.75, 3.05) is 0 Å². The van der Waals surface area contributed by atoms with Crippen LogP contribution in [-0.2, 0) is 6.54 Å². The number of pyridine rings is 1. The first-order chi connectivity index (χ1) is 9.61. The molecular formula is C14H15ClN4O. The summed E-state index contributed by atoms with van der Waals surface area (Å²) in [5.41, 5.74) is 1.83. The van der Waals surface area contributed by atoms with E-state index in [1.54, 1.807) is 6.20 Å². The summed E-state index contributed by atoms with van der Waals surface area (Å²) < 4.78 is 7.41. The summed E-state index contributed by atoms with van der Waals surface area (Å²) >= 11 is 5.95. The minimum absolute atomic E-state index is 0.0390. The molecule has 1 N–H and O–H groups in total. The van der Waals surface area contributed by atoms with E-state index in [9.17, 15) is 0 Å². The van der Waals surface area contributed by atoms with Crippen molar-refractivity contribution in [1.82, 2.24) is 19.7 Å². The number of oxazole rings is 1. The van der Waals surface area contributed by atoms with Gasteiger partial charge in [0.05, 0.1) is 23.0 Å². The van der Waals surface area contributed by atoms with Gasteiger partial charge >= 0.3 is 0 Å². The number of nitrogens with zero attached hydrogens (tertiary/aromatic N) is 3. The van der Waals surface area contributed by atoms with E-state index in [1.807, 2.05) is 42.8 Å². The van der Waals surface area contributed by atoms with Crippen LogP contribution < -0.4 is 5.32 Å². The Labute approximate surface area is 121 Å². The average molecular weight is 291 g/mol. The Morgan fingerprint density at radius 2 is 2.25 bits per heavy atom. The van der Waals surface area contributed by atoms with Crippen LogP contribution in [-0.4, -0.2) is 14.4 Å². The van der Waals surface area contributed by atoms with E-state index in [2.05, 4.69) is 15.3 Å². The van der Waals surface area contributed by atoms with E-state index >= 15 is 0 Å². The number of rotatable bonds is 4. The number of aromatic nitrogens is 3. The lowest BCUT2D eigenvalue weighted by molar-refractivity contribution is 0.401. The molecule has 0 saturated carbocycles. The standard InChI is InChI=1S/C14H15ClN4O/c1-9-5-17-14(20-9)10(2)16-6-12-8-19-7-11(15)3-4-13(19)18-12/h3-5,7-8,10,16H,6H2,1-2H3. The first-order valence-electron chi connectivity index (χ1n) is 6.40. The van der Waals surface area contributed by atoms with Gasteiger partial charge in [0.15, 0.2) is 0 Å². The van der Waals surface area contributed by atoms with Crippen LogP contribution in [0.5, 0.6) is 0 Å². The molecule has 0 aliphatic heterocycles. The minimum Gasteiger partial charge on any atom is -0.444 e. The van der Waals surface area contributed by atoms with Gasteiger partial charge in [-0.3, -0.25) is 0 Å². The molecule has 3 heterocycles. The second-order valence-corrected chi connectivity index (χ2v) is 5.19. The molecule has 0 radical (unpaired) electrons. The molecule has 3 rings (SSSR count). The quantitative estimate of drug-likeness (QED) is 0.802. The van der Waals surface area contributed by atoms with Crippen LogP contribution in [0, 0.1) is 6.92 Å². The van der Waals surface area contributed by atoms with Gasteiger partial charge in [-0.2, -0.15) is 0 Å². The minimum atomic E-state index is 0.0390. The zero-order valence-corrected chi connectivity index (χ0v) is 12.1. The zero-order chi connectivity index (χ0) is 14.1. The molecule has 0 aromatic carbocycles. The summed E-state index contributed by atoms with van der Waals surface area (Å²) in [6, 6.07) is 3.77. The van der Waals surface area contributed by atoms with Crippen molar-refractivity contribution in [3.63, 3.8) is 0 Å². The molecule has 0 aliphatic rings. The average Bonchev–Trinajstić information content (AvgIpc) is 3.01. The molecule has 0 bridgehead atoms. The summed E-state index contributed by atoms with van der Waals surface area (Å²) in [5, 5.41) is 4.03. The van der Waals surface area contributed by atoms with E-state index in [0.717, 1.165) is 17.1 Å². The predicted molar refractivity (Wildman–Crippen MR) is 76.7 cm³/mol. The van der Waals surface area contributed by atoms with E-state index in [-0.39, 0.29) is 6.04 Å². The Morgan fingerprint density at radius 1 is 1.40 bits per heavy atom. The molecule has 0 fully saturated rings. The smallest absolute Gasteiger partial charge is 0.211 e. The first-order valence-corrected chi connectivity index (χ1v) is 6.78. The molecule has 0 amide bonds. The second-order valence-electron chi connectivity index (χ2n) is 4.76. The van der Waals surface area contributed by atoms with E-state index in [0.29, 0.717) is 17.5 Å². The SMILES string of the molecule is Cc1cnc(C(C)NCc2cn3cc(Cl)ccc3n2)o1. The third-order valence-electron chi connectivity index (χ3n) is 3.06. The van der Waals surface area contributed by atoms with E-state index in [1.165, 1.54) is 0 Å². The first kappa shape index (κ1) is 13.1. The Hall–Kier alpha value is -1.85. The van der Waals surface area contributed by atoms with Crippen LogP contribution in [0.3, 0.4) is 0 Å². The molecule has 3 aromatic heterocycles. The number of aryl methyl sites for hydroxylation is 1. The van der Waals surface area contributed by atoms with Gasteiger partial charge in [0, 0.05) is 18.9 Å². The van der Waals surface area contributed by atoms with Crippen LogP contribution in [0.15, 0.2) is 35.1 Å². The Balaban J connectivity index is 1.70. The zero-order valence-electron chi connectivity index (χ0n) is 11.3. The van der Waals surface area contributed by atoms with Crippen LogP contribution >= 0.6 is 11.6 Å². The number of halogens is 1. The van der Waals surface area contributed by atoms with Crippen molar-refractivity contribution in [3.05, 3.63) is 53.1 Å². The molecule has 3 aromatic rings. The largest absolute Gasteiger partial charge is 0.444 e. The molecule has 1 atom stereocenters. The molecular weight excluding hydrogens is 276 g/mol. The highest BCUT2D eigenvalue weighted by atomic mass is 35.5. The third-order valence-corrected chi connectivity index (χ3v) is 3.29. The normalized spacial score (nSPS) is 12.9. The maximum Gasteiger partial charge on any atom is 0.211 e. The Kier molecular flexibility index (Phi) is 3.46.